The molecule has 0 aromatic carbocycles. The highest BCUT2D eigenvalue weighted by atomic mass is 32.2. The Morgan fingerprint density at radius 1 is 1.41 bits per heavy atom. The molecule has 0 spiro atoms. The third-order valence-electron chi connectivity index (χ3n) is 5.74. The van der Waals surface area contributed by atoms with E-state index in [-0.39, 0.29) is 11.9 Å². The van der Waals surface area contributed by atoms with Crippen LogP contribution >= 0.6 is 11.9 Å². The number of likely N-dealkylation sites (tertiary alicyclic amines) is 1. The minimum absolute atomic E-state index is 0.147. The van der Waals surface area contributed by atoms with Crippen molar-refractivity contribution in [1.29, 1.82) is 5.26 Å². The van der Waals surface area contributed by atoms with Crippen LogP contribution in [0.3, 0.4) is 0 Å². The van der Waals surface area contributed by atoms with Crippen molar-refractivity contribution >= 4 is 17.9 Å². The van der Waals surface area contributed by atoms with E-state index < -0.39 is 0 Å². The number of aromatic nitrogens is 3. The molecule has 1 amide bonds. The highest BCUT2D eigenvalue weighted by Crippen LogP contribution is 2.25. The average Bonchev–Trinajstić information content (AvgIpc) is 3.26. The fraction of sp³-hybridized carbons (Fsp3) is 0.571. The minimum Gasteiger partial charge on any atom is -0.341 e. The van der Waals surface area contributed by atoms with Crippen LogP contribution in [-0.4, -0.2) is 44.3 Å². The summed E-state index contributed by atoms with van der Waals surface area (Å²) in [5.74, 6) is 0.827. The maximum atomic E-state index is 13.3. The van der Waals surface area contributed by atoms with Crippen LogP contribution in [0.4, 0.5) is 0 Å². The van der Waals surface area contributed by atoms with Crippen LogP contribution in [0.1, 0.15) is 43.3 Å². The molecule has 3 rings (SSSR count). The number of aryl methyl sites for hydroxylation is 3. The summed E-state index contributed by atoms with van der Waals surface area (Å²) in [6, 6.07) is 5.55. The molecule has 1 unspecified atom stereocenters. The smallest absolute Gasteiger partial charge is 0.240 e. The molecular weight excluding hydrogens is 384 g/mol. The van der Waals surface area contributed by atoms with Gasteiger partial charge in [-0.3, -0.25) is 9.48 Å². The van der Waals surface area contributed by atoms with Crippen LogP contribution in [0.15, 0.2) is 23.2 Å². The molecule has 2 aromatic heterocycles. The molecule has 8 heteroatoms. The molecular formula is C21H30N6OS. The Labute approximate surface area is 177 Å². The Hall–Kier alpha value is -2.24. The lowest BCUT2D eigenvalue weighted by Gasteiger charge is -2.33. The minimum atomic E-state index is -0.318. The first kappa shape index (κ1) is 21.5. The van der Waals surface area contributed by atoms with E-state index in [1.807, 2.05) is 47.3 Å². The van der Waals surface area contributed by atoms with Gasteiger partial charge in [-0.1, -0.05) is 6.92 Å². The highest BCUT2D eigenvalue weighted by molar-refractivity contribution is 7.97. The van der Waals surface area contributed by atoms with Crippen molar-refractivity contribution in [3.05, 3.63) is 35.4 Å². The molecule has 1 N–H and O–H groups in total. The molecule has 1 aliphatic rings. The van der Waals surface area contributed by atoms with Gasteiger partial charge in [0.25, 0.3) is 0 Å². The molecule has 29 heavy (non-hydrogen) atoms. The zero-order chi connectivity index (χ0) is 21.0. The normalized spacial score (nSPS) is 16.0. The van der Waals surface area contributed by atoms with E-state index in [4.69, 9.17) is 0 Å². The van der Waals surface area contributed by atoms with Crippen LogP contribution in [0.2, 0.25) is 0 Å². The number of hydrogen-bond acceptors (Lipinski definition) is 5. The second-order valence-corrected chi connectivity index (χ2v) is 8.74. The van der Waals surface area contributed by atoms with Crippen LogP contribution in [0.5, 0.6) is 0 Å². The molecule has 7 nitrogen and oxygen atoms in total. The number of carbonyl (C=O) groups excluding carboxylic acids is 1. The van der Waals surface area contributed by atoms with Crippen molar-refractivity contribution in [2.24, 2.45) is 13.0 Å². The molecule has 156 valence electrons. The maximum Gasteiger partial charge on any atom is 0.240 e. The van der Waals surface area contributed by atoms with Gasteiger partial charge in [0.15, 0.2) is 0 Å². The van der Waals surface area contributed by atoms with Crippen molar-refractivity contribution in [3.63, 3.8) is 0 Å². The van der Waals surface area contributed by atoms with Gasteiger partial charge in [0.1, 0.15) is 11.8 Å². The standard InChI is InChI=1S/C21H30N6OS/c1-15-7-11-27(12-8-15)21(28)19(9-13-26-10-5-6-18(26)14-22)24-29-20-16(2)23-25(4)17(20)3/h5-6,10,15,19,24H,7-9,11-13H2,1-4H3. The van der Waals surface area contributed by atoms with E-state index in [0.717, 1.165) is 42.2 Å². The Morgan fingerprint density at radius 3 is 2.76 bits per heavy atom. The number of nitriles is 1. The lowest BCUT2D eigenvalue weighted by molar-refractivity contribution is -0.134. The number of nitrogens with zero attached hydrogens (tertiary/aromatic N) is 5. The van der Waals surface area contributed by atoms with E-state index >= 15 is 0 Å². The summed E-state index contributed by atoms with van der Waals surface area (Å²) in [6.07, 6.45) is 4.63. The summed E-state index contributed by atoms with van der Waals surface area (Å²) >= 11 is 1.49. The summed E-state index contributed by atoms with van der Waals surface area (Å²) in [5, 5.41) is 13.7. The monoisotopic (exact) mass is 414 g/mol. The topological polar surface area (TPSA) is 78.9 Å². The van der Waals surface area contributed by atoms with Crippen LogP contribution in [0, 0.1) is 31.1 Å². The van der Waals surface area contributed by atoms with E-state index in [1.54, 1.807) is 6.07 Å². The van der Waals surface area contributed by atoms with Crippen molar-refractivity contribution < 1.29 is 4.79 Å². The zero-order valence-electron chi connectivity index (χ0n) is 17.7. The quantitative estimate of drug-likeness (QED) is 0.705. The van der Waals surface area contributed by atoms with Gasteiger partial charge in [-0.25, -0.2) is 4.72 Å². The van der Waals surface area contributed by atoms with Crippen molar-refractivity contribution in [3.8, 4) is 6.07 Å². The van der Waals surface area contributed by atoms with E-state index in [0.29, 0.717) is 24.6 Å². The summed E-state index contributed by atoms with van der Waals surface area (Å²) in [4.78, 5) is 16.3. The van der Waals surface area contributed by atoms with Gasteiger partial charge in [-0.15, -0.1) is 0 Å². The number of nitrogens with one attached hydrogen (secondary N) is 1. The maximum absolute atomic E-state index is 13.3. The highest BCUT2D eigenvalue weighted by Gasteiger charge is 2.28. The average molecular weight is 415 g/mol. The molecule has 0 saturated carbocycles. The summed E-state index contributed by atoms with van der Waals surface area (Å²) in [6.45, 7) is 8.53. The van der Waals surface area contributed by atoms with Crippen molar-refractivity contribution in [2.45, 2.75) is 57.5 Å². The number of piperidine rings is 1. The molecule has 3 heterocycles. The van der Waals surface area contributed by atoms with Crippen molar-refractivity contribution in [1.82, 2.24) is 24.0 Å². The summed E-state index contributed by atoms with van der Waals surface area (Å²) in [7, 11) is 1.93. The van der Waals surface area contributed by atoms with Gasteiger partial charge in [0.2, 0.25) is 5.91 Å². The van der Waals surface area contributed by atoms with Crippen LogP contribution in [-0.2, 0) is 18.4 Å². The Kier molecular flexibility index (Phi) is 7.04. The molecule has 0 aliphatic carbocycles. The first-order chi connectivity index (χ1) is 13.9. The van der Waals surface area contributed by atoms with Gasteiger partial charge in [0.05, 0.1) is 22.3 Å². The second kappa shape index (κ2) is 9.51. The second-order valence-electron chi connectivity index (χ2n) is 7.89. The predicted octanol–water partition coefficient (Wildman–Crippen LogP) is 3.02. The molecule has 0 radical (unpaired) electrons. The SMILES string of the molecule is Cc1nn(C)c(C)c1SNC(CCn1cccc1C#N)C(=O)N1CCC(C)CC1. The Morgan fingerprint density at radius 2 is 2.14 bits per heavy atom. The summed E-state index contributed by atoms with van der Waals surface area (Å²) in [5.41, 5.74) is 2.66. The van der Waals surface area contributed by atoms with E-state index in [2.05, 4.69) is 22.8 Å². The number of hydrogen-bond donors (Lipinski definition) is 1. The fourth-order valence-corrected chi connectivity index (χ4v) is 4.64. The Balaban J connectivity index is 1.71. The lowest BCUT2D eigenvalue weighted by Crippen LogP contribution is -2.47. The molecule has 2 aromatic rings. The van der Waals surface area contributed by atoms with E-state index in [1.165, 1.54) is 11.9 Å². The summed E-state index contributed by atoms with van der Waals surface area (Å²) < 4.78 is 7.19. The van der Waals surface area contributed by atoms with Gasteiger partial charge in [-0.05, 0) is 63.1 Å². The van der Waals surface area contributed by atoms with Gasteiger partial charge < -0.3 is 9.47 Å². The molecule has 1 atom stereocenters. The molecule has 1 fully saturated rings. The van der Waals surface area contributed by atoms with Crippen molar-refractivity contribution in [2.75, 3.05) is 13.1 Å². The number of carbonyl (C=O) groups is 1. The van der Waals surface area contributed by atoms with Gasteiger partial charge in [0, 0.05) is 32.9 Å². The van der Waals surface area contributed by atoms with Crippen LogP contribution < -0.4 is 4.72 Å². The van der Waals surface area contributed by atoms with E-state index in [9.17, 15) is 10.1 Å². The molecule has 1 saturated heterocycles. The molecule has 0 bridgehead atoms. The fourth-order valence-electron chi connectivity index (χ4n) is 3.69. The van der Waals surface area contributed by atoms with Gasteiger partial charge >= 0.3 is 0 Å². The Bertz CT molecular complexity index is 888. The lowest BCUT2D eigenvalue weighted by atomic mass is 9.98. The third kappa shape index (κ3) is 5.03. The first-order valence-corrected chi connectivity index (χ1v) is 11.0. The van der Waals surface area contributed by atoms with Crippen LogP contribution in [0.25, 0.3) is 0 Å². The molecule has 1 aliphatic heterocycles. The first-order valence-electron chi connectivity index (χ1n) is 10.2. The van der Waals surface area contributed by atoms with Gasteiger partial charge in [-0.2, -0.15) is 10.4 Å². The number of rotatable bonds is 7. The number of amides is 1. The largest absolute Gasteiger partial charge is 0.341 e. The predicted molar refractivity (Wildman–Crippen MR) is 114 cm³/mol. The zero-order valence-corrected chi connectivity index (χ0v) is 18.5. The third-order valence-corrected chi connectivity index (χ3v) is 6.94.